The summed E-state index contributed by atoms with van der Waals surface area (Å²) in [6, 6.07) is 12.9. The predicted octanol–water partition coefficient (Wildman–Crippen LogP) is 4.55. The van der Waals surface area contributed by atoms with Gasteiger partial charge in [-0.25, -0.2) is 4.39 Å². The Bertz CT molecular complexity index is 1030. The standard InChI is InChI=1S/C27H34FN3O2/c1-5-31(6-2)14-13-29-17-18-7-9-19(10-8-18)22-16-24(33-27(22,3)4)25-21-15-20(28)11-12-23(21)30-26(25)32/h7-12,15-16,24-25,29H,5-6,13-14,17H2,1-4H3,(H,30,32). The zero-order chi connectivity index (χ0) is 23.6. The molecule has 2 unspecified atom stereocenters. The zero-order valence-electron chi connectivity index (χ0n) is 20.0. The third-order valence-corrected chi connectivity index (χ3v) is 6.72. The topological polar surface area (TPSA) is 53.6 Å². The number of rotatable bonds is 9. The number of carbonyl (C=O) groups excluding carboxylic acids is 1. The monoisotopic (exact) mass is 451 g/mol. The summed E-state index contributed by atoms with van der Waals surface area (Å²) in [6.45, 7) is 13.4. The molecule has 0 saturated heterocycles. The molecule has 0 aromatic heterocycles. The Labute approximate surface area is 196 Å². The molecule has 4 rings (SSSR count). The van der Waals surface area contributed by atoms with E-state index in [1.54, 1.807) is 6.07 Å². The first kappa shape index (κ1) is 23.6. The van der Waals surface area contributed by atoms with Crippen molar-refractivity contribution in [3.8, 4) is 0 Å². The molecule has 176 valence electrons. The van der Waals surface area contributed by atoms with Crippen molar-refractivity contribution < 1.29 is 13.9 Å². The number of halogens is 1. The molecule has 2 heterocycles. The third-order valence-electron chi connectivity index (χ3n) is 6.72. The Morgan fingerprint density at radius 3 is 2.55 bits per heavy atom. The molecule has 0 bridgehead atoms. The van der Waals surface area contributed by atoms with Gasteiger partial charge in [0.15, 0.2) is 0 Å². The van der Waals surface area contributed by atoms with Crippen LogP contribution in [0, 0.1) is 5.82 Å². The highest BCUT2D eigenvalue weighted by Crippen LogP contribution is 2.45. The van der Waals surface area contributed by atoms with Gasteiger partial charge in [-0.2, -0.15) is 0 Å². The summed E-state index contributed by atoms with van der Waals surface area (Å²) in [6.07, 6.45) is 1.58. The molecule has 5 nitrogen and oxygen atoms in total. The fourth-order valence-electron chi connectivity index (χ4n) is 4.81. The number of hydrogen-bond donors (Lipinski definition) is 2. The Morgan fingerprint density at radius 2 is 1.85 bits per heavy atom. The van der Waals surface area contributed by atoms with Gasteiger partial charge in [0.1, 0.15) is 5.82 Å². The fraction of sp³-hybridized carbons (Fsp3) is 0.444. The minimum absolute atomic E-state index is 0.153. The van der Waals surface area contributed by atoms with Gasteiger partial charge in [0.2, 0.25) is 5.91 Å². The summed E-state index contributed by atoms with van der Waals surface area (Å²) in [4.78, 5) is 15.1. The Balaban J connectivity index is 1.46. The van der Waals surface area contributed by atoms with E-state index in [1.165, 1.54) is 17.7 Å². The molecule has 0 aliphatic carbocycles. The van der Waals surface area contributed by atoms with Gasteiger partial charge < -0.3 is 20.3 Å². The molecule has 0 spiro atoms. The van der Waals surface area contributed by atoms with Crippen LogP contribution in [0.1, 0.15) is 50.3 Å². The quantitative estimate of drug-likeness (QED) is 0.549. The van der Waals surface area contributed by atoms with Crippen LogP contribution in [0.3, 0.4) is 0 Å². The Kier molecular flexibility index (Phi) is 6.98. The molecular weight excluding hydrogens is 417 g/mol. The van der Waals surface area contributed by atoms with Crippen LogP contribution in [0.5, 0.6) is 0 Å². The number of anilines is 1. The van der Waals surface area contributed by atoms with Crippen LogP contribution >= 0.6 is 0 Å². The number of fused-ring (bicyclic) bond motifs is 1. The van der Waals surface area contributed by atoms with Gasteiger partial charge in [-0.3, -0.25) is 4.79 Å². The second-order valence-electron chi connectivity index (χ2n) is 9.27. The van der Waals surface area contributed by atoms with Gasteiger partial charge in [0.05, 0.1) is 17.6 Å². The third kappa shape index (κ3) is 5.03. The van der Waals surface area contributed by atoms with E-state index < -0.39 is 17.6 Å². The summed E-state index contributed by atoms with van der Waals surface area (Å²) in [5.41, 5.74) is 4.12. The van der Waals surface area contributed by atoms with Crippen molar-refractivity contribution in [1.82, 2.24) is 10.2 Å². The van der Waals surface area contributed by atoms with Gasteiger partial charge in [-0.15, -0.1) is 0 Å². The summed E-state index contributed by atoms with van der Waals surface area (Å²) < 4.78 is 20.2. The van der Waals surface area contributed by atoms with Gasteiger partial charge in [-0.1, -0.05) is 38.1 Å². The van der Waals surface area contributed by atoms with Crippen LogP contribution in [-0.2, 0) is 16.1 Å². The van der Waals surface area contributed by atoms with E-state index in [-0.39, 0.29) is 11.7 Å². The lowest BCUT2D eigenvalue weighted by atomic mass is 9.90. The SMILES string of the molecule is CCN(CC)CCNCc1ccc(C2=CC(C3C(=O)Nc4ccc(F)cc43)OC2(C)C)cc1. The van der Waals surface area contributed by atoms with E-state index in [9.17, 15) is 9.18 Å². The zero-order valence-corrected chi connectivity index (χ0v) is 20.0. The minimum Gasteiger partial charge on any atom is -0.362 e. The molecule has 0 radical (unpaired) electrons. The lowest BCUT2D eigenvalue weighted by Gasteiger charge is -2.26. The molecule has 0 saturated carbocycles. The number of nitrogens with zero attached hydrogens (tertiary/aromatic N) is 1. The molecule has 33 heavy (non-hydrogen) atoms. The maximum atomic E-state index is 13.9. The van der Waals surface area contributed by atoms with Crippen molar-refractivity contribution in [2.24, 2.45) is 0 Å². The van der Waals surface area contributed by atoms with E-state index in [2.05, 4.69) is 53.6 Å². The summed E-state index contributed by atoms with van der Waals surface area (Å²) in [5.74, 6) is -1.06. The van der Waals surface area contributed by atoms with Crippen LogP contribution < -0.4 is 10.6 Å². The maximum absolute atomic E-state index is 13.9. The van der Waals surface area contributed by atoms with Gasteiger partial charge >= 0.3 is 0 Å². The van der Waals surface area contributed by atoms with Crippen LogP contribution in [0.15, 0.2) is 48.5 Å². The Morgan fingerprint density at radius 1 is 1.12 bits per heavy atom. The lowest BCUT2D eigenvalue weighted by Crippen LogP contribution is -2.31. The minimum atomic E-state index is -0.554. The van der Waals surface area contributed by atoms with E-state index in [4.69, 9.17) is 4.74 Å². The average Bonchev–Trinajstić information content (AvgIpc) is 3.28. The molecule has 2 aliphatic heterocycles. The summed E-state index contributed by atoms with van der Waals surface area (Å²) in [7, 11) is 0. The molecule has 2 aromatic carbocycles. The van der Waals surface area contributed by atoms with E-state index >= 15 is 0 Å². The first-order valence-electron chi connectivity index (χ1n) is 11.8. The van der Waals surface area contributed by atoms with Crippen molar-refractivity contribution in [2.75, 3.05) is 31.5 Å². The molecule has 0 fully saturated rings. The van der Waals surface area contributed by atoms with E-state index in [0.29, 0.717) is 11.3 Å². The molecule has 2 aliphatic rings. The highest BCUT2D eigenvalue weighted by Gasteiger charge is 2.44. The predicted molar refractivity (Wildman–Crippen MR) is 131 cm³/mol. The fourth-order valence-corrected chi connectivity index (χ4v) is 4.81. The maximum Gasteiger partial charge on any atom is 0.234 e. The van der Waals surface area contributed by atoms with Crippen molar-refractivity contribution in [1.29, 1.82) is 0 Å². The summed E-state index contributed by atoms with van der Waals surface area (Å²) in [5, 5.41) is 6.37. The molecule has 2 aromatic rings. The largest absolute Gasteiger partial charge is 0.362 e. The molecular formula is C27H34FN3O2. The van der Waals surface area contributed by atoms with Crippen LogP contribution in [0.25, 0.3) is 5.57 Å². The number of nitrogens with one attached hydrogen (secondary N) is 2. The number of amides is 1. The number of likely N-dealkylation sites (N-methyl/N-ethyl adjacent to an activating group) is 1. The van der Waals surface area contributed by atoms with Crippen LogP contribution in [-0.4, -0.2) is 48.7 Å². The van der Waals surface area contributed by atoms with Crippen molar-refractivity contribution >= 4 is 17.2 Å². The second-order valence-corrected chi connectivity index (χ2v) is 9.27. The molecule has 2 atom stereocenters. The second kappa shape index (κ2) is 9.75. The van der Waals surface area contributed by atoms with E-state index in [1.807, 2.05) is 19.9 Å². The normalized spacial score (nSPS) is 21.3. The summed E-state index contributed by atoms with van der Waals surface area (Å²) >= 11 is 0. The van der Waals surface area contributed by atoms with Gasteiger partial charge in [0.25, 0.3) is 0 Å². The van der Waals surface area contributed by atoms with Gasteiger partial charge in [-0.05, 0) is 73.5 Å². The van der Waals surface area contributed by atoms with Crippen molar-refractivity contribution in [2.45, 2.75) is 51.9 Å². The van der Waals surface area contributed by atoms with Crippen LogP contribution in [0.2, 0.25) is 0 Å². The Hall–Kier alpha value is -2.54. The first-order valence-corrected chi connectivity index (χ1v) is 11.8. The number of ether oxygens (including phenoxy) is 1. The molecule has 1 amide bonds. The average molecular weight is 452 g/mol. The van der Waals surface area contributed by atoms with Crippen molar-refractivity contribution in [3.63, 3.8) is 0 Å². The first-order chi connectivity index (χ1) is 15.8. The number of carbonyl (C=O) groups is 1. The van der Waals surface area contributed by atoms with E-state index in [0.717, 1.165) is 43.9 Å². The highest BCUT2D eigenvalue weighted by molar-refractivity contribution is 6.03. The number of benzene rings is 2. The molecule has 2 N–H and O–H groups in total. The van der Waals surface area contributed by atoms with Gasteiger partial charge in [0, 0.05) is 25.3 Å². The number of hydrogen-bond acceptors (Lipinski definition) is 4. The molecule has 6 heteroatoms. The highest BCUT2D eigenvalue weighted by atomic mass is 19.1. The van der Waals surface area contributed by atoms with Crippen LogP contribution in [0.4, 0.5) is 10.1 Å². The van der Waals surface area contributed by atoms with Crippen molar-refractivity contribution in [3.05, 3.63) is 71.0 Å². The lowest BCUT2D eigenvalue weighted by molar-refractivity contribution is -0.120. The smallest absolute Gasteiger partial charge is 0.234 e.